The lowest BCUT2D eigenvalue weighted by Crippen LogP contribution is -2.45. The lowest BCUT2D eigenvalue weighted by Gasteiger charge is -2.21. The molecule has 0 aromatic rings. The van der Waals surface area contributed by atoms with Gasteiger partial charge in [0, 0.05) is 6.04 Å². The first-order valence-electron chi connectivity index (χ1n) is 4.46. The fourth-order valence-electron chi connectivity index (χ4n) is 0.984. The van der Waals surface area contributed by atoms with Crippen LogP contribution < -0.4 is 11.1 Å². The van der Waals surface area contributed by atoms with E-state index in [9.17, 15) is 4.79 Å². The van der Waals surface area contributed by atoms with Crippen molar-refractivity contribution < 1.29 is 4.79 Å². The highest BCUT2D eigenvalue weighted by atomic mass is 32.1. The molecule has 0 aromatic carbocycles. The summed E-state index contributed by atoms with van der Waals surface area (Å²) in [4.78, 5) is 11.9. The van der Waals surface area contributed by atoms with Gasteiger partial charge in [0.1, 0.15) is 0 Å². The Morgan fingerprint density at radius 2 is 2.08 bits per heavy atom. The largest absolute Gasteiger partial charge is 0.392 e. The summed E-state index contributed by atoms with van der Waals surface area (Å²) in [5.41, 5.74) is 4.75. The summed E-state index contributed by atoms with van der Waals surface area (Å²) in [6.45, 7) is 5.61. The molecule has 1 aliphatic carbocycles. The summed E-state index contributed by atoms with van der Waals surface area (Å²) in [6.07, 6.45) is 1.07. The second-order valence-corrected chi connectivity index (χ2v) is 4.72. The van der Waals surface area contributed by atoms with Crippen molar-refractivity contribution in [1.82, 2.24) is 5.32 Å². The number of nitrogens with one attached hydrogen (secondary N) is 1. The van der Waals surface area contributed by atoms with Gasteiger partial charge in [-0.25, -0.2) is 0 Å². The molecule has 13 heavy (non-hydrogen) atoms. The molecule has 0 aliphatic heterocycles. The van der Waals surface area contributed by atoms with E-state index >= 15 is 0 Å². The Morgan fingerprint density at radius 1 is 1.62 bits per heavy atom. The van der Waals surface area contributed by atoms with Crippen LogP contribution in [-0.4, -0.2) is 16.9 Å². The Hall–Kier alpha value is -0.640. The van der Waals surface area contributed by atoms with Gasteiger partial charge in [-0.1, -0.05) is 19.1 Å². The maximum absolute atomic E-state index is 11.6. The molecule has 1 saturated carbocycles. The molecular formula is C9H16N2OS. The summed E-state index contributed by atoms with van der Waals surface area (Å²) in [5.74, 6) is 0.542. The lowest BCUT2D eigenvalue weighted by atomic mass is 9.92. The van der Waals surface area contributed by atoms with Crippen molar-refractivity contribution in [2.75, 3.05) is 0 Å². The van der Waals surface area contributed by atoms with Crippen LogP contribution in [0.5, 0.6) is 0 Å². The van der Waals surface area contributed by atoms with Gasteiger partial charge in [0.05, 0.1) is 10.4 Å². The van der Waals surface area contributed by atoms with Gasteiger partial charge in [0.15, 0.2) is 0 Å². The summed E-state index contributed by atoms with van der Waals surface area (Å²) in [6, 6.07) is 0.334. The Kier molecular flexibility index (Phi) is 2.61. The van der Waals surface area contributed by atoms with E-state index in [1.807, 2.05) is 0 Å². The van der Waals surface area contributed by atoms with Crippen LogP contribution >= 0.6 is 12.2 Å². The molecule has 0 heterocycles. The van der Waals surface area contributed by atoms with E-state index in [1.165, 1.54) is 0 Å². The average molecular weight is 200 g/mol. The summed E-state index contributed by atoms with van der Waals surface area (Å²) < 4.78 is 0. The number of carbonyl (C=O) groups excluding carboxylic acids is 1. The topological polar surface area (TPSA) is 55.1 Å². The molecule has 2 unspecified atom stereocenters. The van der Waals surface area contributed by atoms with Crippen molar-refractivity contribution in [3.8, 4) is 0 Å². The van der Waals surface area contributed by atoms with Crippen LogP contribution in [0.4, 0.5) is 0 Å². The Balaban J connectivity index is 2.51. The maximum atomic E-state index is 11.6. The predicted octanol–water partition coefficient (Wildman–Crippen LogP) is 0.823. The lowest BCUT2D eigenvalue weighted by molar-refractivity contribution is -0.126. The van der Waals surface area contributed by atoms with Gasteiger partial charge in [0.2, 0.25) is 5.91 Å². The van der Waals surface area contributed by atoms with E-state index in [-0.39, 0.29) is 10.9 Å². The van der Waals surface area contributed by atoms with Crippen LogP contribution in [0.15, 0.2) is 0 Å². The molecule has 0 saturated heterocycles. The zero-order valence-corrected chi connectivity index (χ0v) is 9.07. The molecule has 4 heteroatoms. The SMILES string of the molecule is CC1CC1NC(=O)C(C)(C)C(N)=S. The number of hydrogen-bond donors (Lipinski definition) is 2. The predicted molar refractivity (Wildman–Crippen MR) is 56.3 cm³/mol. The van der Waals surface area contributed by atoms with Crippen molar-refractivity contribution in [1.29, 1.82) is 0 Å². The highest BCUT2D eigenvalue weighted by molar-refractivity contribution is 7.80. The van der Waals surface area contributed by atoms with Crippen molar-refractivity contribution in [2.24, 2.45) is 17.1 Å². The van der Waals surface area contributed by atoms with E-state index in [2.05, 4.69) is 12.2 Å². The highest BCUT2D eigenvalue weighted by Gasteiger charge is 2.39. The zero-order valence-electron chi connectivity index (χ0n) is 8.26. The second-order valence-electron chi connectivity index (χ2n) is 4.28. The number of carbonyl (C=O) groups is 1. The van der Waals surface area contributed by atoms with Crippen LogP contribution in [-0.2, 0) is 4.79 Å². The van der Waals surface area contributed by atoms with Crippen LogP contribution in [0.1, 0.15) is 27.2 Å². The van der Waals surface area contributed by atoms with Crippen LogP contribution in [0.2, 0.25) is 0 Å². The smallest absolute Gasteiger partial charge is 0.232 e. The van der Waals surface area contributed by atoms with Crippen molar-refractivity contribution in [3.63, 3.8) is 0 Å². The average Bonchev–Trinajstić information content (AvgIpc) is 2.65. The fourth-order valence-corrected chi connectivity index (χ4v) is 1.08. The van der Waals surface area contributed by atoms with Crippen molar-refractivity contribution in [3.05, 3.63) is 0 Å². The summed E-state index contributed by atoms with van der Waals surface area (Å²) in [5, 5.41) is 2.92. The van der Waals surface area contributed by atoms with E-state index in [4.69, 9.17) is 18.0 Å². The molecule has 1 fully saturated rings. The maximum Gasteiger partial charge on any atom is 0.232 e. The Labute approximate surface area is 84.1 Å². The van der Waals surface area contributed by atoms with Gasteiger partial charge in [-0.3, -0.25) is 4.79 Å². The minimum Gasteiger partial charge on any atom is -0.392 e. The third-order valence-electron chi connectivity index (χ3n) is 2.61. The Morgan fingerprint density at radius 3 is 2.38 bits per heavy atom. The van der Waals surface area contributed by atoms with Crippen molar-refractivity contribution in [2.45, 2.75) is 33.2 Å². The van der Waals surface area contributed by atoms with Gasteiger partial charge in [-0.2, -0.15) is 0 Å². The fraction of sp³-hybridized carbons (Fsp3) is 0.778. The highest BCUT2D eigenvalue weighted by Crippen LogP contribution is 2.30. The minimum atomic E-state index is -0.725. The first-order chi connectivity index (χ1) is 5.85. The molecule has 0 bridgehead atoms. The van der Waals surface area contributed by atoms with Crippen LogP contribution in [0.25, 0.3) is 0 Å². The molecule has 1 amide bonds. The monoisotopic (exact) mass is 200 g/mol. The number of rotatable bonds is 3. The minimum absolute atomic E-state index is 0.0608. The first kappa shape index (κ1) is 10.4. The van der Waals surface area contributed by atoms with E-state index in [0.717, 1.165) is 6.42 Å². The van der Waals surface area contributed by atoms with Gasteiger partial charge in [0.25, 0.3) is 0 Å². The van der Waals surface area contributed by atoms with Gasteiger partial charge < -0.3 is 11.1 Å². The molecule has 2 atom stereocenters. The van der Waals surface area contributed by atoms with E-state index in [0.29, 0.717) is 12.0 Å². The van der Waals surface area contributed by atoms with Gasteiger partial charge in [-0.05, 0) is 26.2 Å². The molecule has 74 valence electrons. The van der Waals surface area contributed by atoms with Crippen LogP contribution in [0, 0.1) is 11.3 Å². The molecule has 1 aliphatic rings. The number of amides is 1. The summed E-state index contributed by atoms with van der Waals surface area (Å²) >= 11 is 4.83. The Bertz CT molecular complexity index is 250. The second kappa shape index (κ2) is 3.25. The zero-order chi connectivity index (χ0) is 10.2. The molecule has 0 aromatic heterocycles. The normalized spacial score (nSPS) is 26.7. The number of thiocarbonyl (C=S) groups is 1. The molecule has 3 N–H and O–H groups in total. The third-order valence-corrected chi connectivity index (χ3v) is 3.12. The van der Waals surface area contributed by atoms with Gasteiger partial charge in [-0.15, -0.1) is 0 Å². The van der Waals surface area contributed by atoms with E-state index in [1.54, 1.807) is 13.8 Å². The molecule has 0 radical (unpaired) electrons. The standard InChI is InChI=1S/C9H16N2OS/c1-5-4-6(5)11-8(12)9(2,3)7(10)13/h5-6H,4H2,1-3H3,(H2,10,13)(H,11,12). The number of hydrogen-bond acceptors (Lipinski definition) is 2. The number of nitrogens with two attached hydrogens (primary N) is 1. The third kappa shape index (κ3) is 2.18. The first-order valence-corrected chi connectivity index (χ1v) is 4.87. The van der Waals surface area contributed by atoms with Crippen molar-refractivity contribution >= 4 is 23.1 Å². The molecule has 3 nitrogen and oxygen atoms in total. The molecule has 1 rings (SSSR count). The van der Waals surface area contributed by atoms with E-state index < -0.39 is 5.41 Å². The van der Waals surface area contributed by atoms with Crippen LogP contribution in [0.3, 0.4) is 0 Å². The van der Waals surface area contributed by atoms with Gasteiger partial charge >= 0.3 is 0 Å². The summed E-state index contributed by atoms with van der Waals surface area (Å²) in [7, 11) is 0. The quantitative estimate of drug-likeness (QED) is 0.663. The molecular weight excluding hydrogens is 184 g/mol. The molecule has 0 spiro atoms.